The number of nitrogens with one attached hydrogen (secondary N) is 1. The van der Waals surface area contributed by atoms with Crippen molar-refractivity contribution in [1.29, 1.82) is 0 Å². The number of benzene rings is 1. The van der Waals surface area contributed by atoms with Gasteiger partial charge in [-0.2, -0.15) is 0 Å². The minimum atomic E-state index is -0.113. The number of nitrogen functional groups attached to an aromatic ring is 1. The number of hydrogen-bond acceptors (Lipinski definition) is 3. The number of nitrogens with two attached hydrogens (primary N) is 1. The van der Waals surface area contributed by atoms with Gasteiger partial charge in [-0.05, 0) is 36.8 Å². The summed E-state index contributed by atoms with van der Waals surface area (Å²) in [6, 6.07) is 5.26. The number of para-hydroxylation sites is 1. The van der Waals surface area contributed by atoms with E-state index in [9.17, 15) is 4.79 Å². The summed E-state index contributed by atoms with van der Waals surface area (Å²) < 4.78 is 5.47. The van der Waals surface area contributed by atoms with E-state index in [0.717, 1.165) is 0 Å². The molecule has 1 saturated carbocycles. The lowest BCUT2D eigenvalue weighted by Crippen LogP contribution is -2.27. The van der Waals surface area contributed by atoms with Gasteiger partial charge in [-0.3, -0.25) is 4.79 Å². The number of anilines is 1. The van der Waals surface area contributed by atoms with Crippen LogP contribution in [0.2, 0.25) is 0 Å². The quantitative estimate of drug-likeness (QED) is 0.801. The summed E-state index contributed by atoms with van der Waals surface area (Å²) in [7, 11) is 0. The summed E-state index contributed by atoms with van der Waals surface area (Å²) in [6.07, 6.45) is 1.17. The Balaban J connectivity index is 2.04. The van der Waals surface area contributed by atoms with Crippen LogP contribution in [0.15, 0.2) is 18.2 Å². The molecule has 0 aliphatic heterocycles. The lowest BCUT2D eigenvalue weighted by molar-refractivity contribution is 0.0947. The smallest absolute Gasteiger partial charge is 0.255 e. The standard InChI is InChI=1S/C15H22N2O2/c1-4-19-13-11(6-5-7-12(13)16)14(18)17-9-10-8-15(10,2)3/h5-7,10H,4,8-9,16H2,1-3H3,(H,17,18). The first-order chi connectivity index (χ1) is 8.95. The average Bonchev–Trinajstić information content (AvgIpc) is 2.97. The monoisotopic (exact) mass is 262 g/mol. The largest absolute Gasteiger partial charge is 0.491 e. The van der Waals surface area contributed by atoms with Crippen LogP contribution >= 0.6 is 0 Å². The van der Waals surface area contributed by atoms with E-state index in [0.29, 0.717) is 41.5 Å². The fourth-order valence-electron chi connectivity index (χ4n) is 2.27. The van der Waals surface area contributed by atoms with Gasteiger partial charge < -0.3 is 15.8 Å². The van der Waals surface area contributed by atoms with Crippen molar-refractivity contribution in [3.8, 4) is 5.75 Å². The third-order valence-electron chi connectivity index (χ3n) is 3.81. The molecule has 3 N–H and O–H groups in total. The molecule has 1 aromatic rings. The van der Waals surface area contributed by atoms with Crippen molar-refractivity contribution in [2.75, 3.05) is 18.9 Å². The zero-order valence-corrected chi connectivity index (χ0v) is 11.8. The molecule has 0 saturated heterocycles. The first kappa shape index (κ1) is 13.7. The normalized spacial score (nSPS) is 19.8. The molecule has 2 rings (SSSR count). The summed E-state index contributed by atoms with van der Waals surface area (Å²) in [5, 5.41) is 2.97. The fraction of sp³-hybridized carbons (Fsp3) is 0.533. The van der Waals surface area contributed by atoms with Gasteiger partial charge in [0.15, 0.2) is 5.75 Å². The lowest BCUT2D eigenvalue weighted by Gasteiger charge is -2.13. The molecular weight excluding hydrogens is 240 g/mol. The van der Waals surface area contributed by atoms with Crippen LogP contribution in [0.5, 0.6) is 5.75 Å². The van der Waals surface area contributed by atoms with Gasteiger partial charge in [0, 0.05) is 6.54 Å². The topological polar surface area (TPSA) is 64.3 Å². The summed E-state index contributed by atoms with van der Waals surface area (Å²) in [5.41, 5.74) is 7.23. The Bertz CT molecular complexity index is 483. The second kappa shape index (κ2) is 5.11. The Morgan fingerprint density at radius 1 is 1.53 bits per heavy atom. The van der Waals surface area contributed by atoms with Crippen LogP contribution in [0.25, 0.3) is 0 Å². The molecule has 0 heterocycles. The number of carbonyl (C=O) groups is 1. The van der Waals surface area contributed by atoms with Gasteiger partial charge in [0.2, 0.25) is 0 Å². The van der Waals surface area contributed by atoms with E-state index in [-0.39, 0.29) is 5.91 Å². The summed E-state index contributed by atoms with van der Waals surface area (Å²) in [5.74, 6) is 0.948. The number of carbonyl (C=O) groups excluding carboxylic acids is 1. The molecule has 104 valence electrons. The maximum absolute atomic E-state index is 12.2. The Morgan fingerprint density at radius 3 is 2.79 bits per heavy atom. The van der Waals surface area contributed by atoms with Crippen LogP contribution in [0, 0.1) is 11.3 Å². The predicted molar refractivity (Wildman–Crippen MR) is 76.2 cm³/mol. The molecule has 0 bridgehead atoms. The highest BCUT2D eigenvalue weighted by molar-refractivity contribution is 5.98. The second-order valence-corrected chi connectivity index (χ2v) is 5.76. The molecule has 1 aliphatic carbocycles. The molecule has 4 nitrogen and oxygen atoms in total. The molecule has 1 fully saturated rings. The minimum absolute atomic E-state index is 0.113. The van der Waals surface area contributed by atoms with Crippen molar-refractivity contribution < 1.29 is 9.53 Å². The van der Waals surface area contributed by atoms with Gasteiger partial charge in [-0.15, -0.1) is 0 Å². The third-order valence-corrected chi connectivity index (χ3v) is 3.81. The third kappa shape index (κ3) is 3.00. The van der Waals surface area contributed by atoms with Gasteiger partial charge >= 0.3 is 0 Å². The van der Waals surface area contributed by atoms with Gasteiger partial charge in [0.1, 0.15) is 0 Å². The van der Waals surface area contributed by atoms with Gasteiger partial charge in [0.25, 0.3) is 5.91 Å². The van der Waals surface area contributed by atoms with E-state index in [1.165, 1.54) is 6.42 Å². The average molecular weight is 262 g/mol. The summed E-state index contributed by atoms with van der Waals surface area (Å²) >= 11 is 0. The Labute approximate surface area is 114 Å². The molecule has 4 heteroatoms. The van der Waals surface area contributed by atoms with E-state index in [4.69, 9.17) is 10.5 Å². The molecule has 1 unspecified atom stereocenters. The van der Waals surface area contributed by atoms with Gasteiger partial charge in [-0.25, -0.2) is 0 Å². The van der Waals surface area contributed by atoms with Crippen molar-refractivity contribution >= 4 is 11.6 Å². The van der Waals surface area contributed by atoms with Gasteiger partial charge in [-0.1, -0.05) is 19.9 Å². The van der Waals surface area contributed by atoms with Crippen molar-refractivity contribution in [3.63, 3.8) is 0 Å². The van der Waals surface area contributed by atoms with Crippen molar-refractivity contribution in [2.24, 2.45) is 11.3 Å². The van der Waals surface area contributed by atoms with Crippen LogP contribution in [0.1, 0.15) is 37.6 Å². The maximum Gasteiger partial charge on any atom is 0.255 e. The zero-order chi connectivity index (χ0) is 14.0. The number of rotatable bonds is 5. The van der Waals surface area contributed by atoms with E-state index in [1.54, 1.807) is 18.2 Å². The molecule has 1 amide bonds. The van der Waals surface area contributed by atoms with Crippen molar-refractivity contribution in [3.05, 3.63) is 23.8 Å². The molecule has 1 aliphatic rings. The molecule has 1 aromatic carbocycles. The Hall–Kier alpha value is -1.71. The molecule has 19 heavy (non-hydrogen) atoms. The highest BCUT2D eigenvalue weighted by Crippen LogP contribution is 2.51. The second-order valence-electron chi connectivity index (χ2n) is 5.76. The minimum Gasteiger partial charge on any atom is -0.491 e. The molecular formula is C15H22N2O2. The van der Waals surface area contributed by atoms with Crippen molar-refractivity contribution in [1.82, 2.24) is 5.32 Å². The summed E-state index contributed by atoms with van der Waals surface area (Å²) in [6.45, 7) is 7.52. The van der Waals surface area contributed by atoms with Crippen LogP contribution < -0.4 is 15.8 Å². The number of hydrogen-bond donors (Lipinski definition) is 2. The van der Waals surface area contributed by atoms with Crippen LogP contribution in [-0.2, 0) is 0 Å². The first-order valence-electron chi connectivity index (χ1n) is 6.75. The highest BCUT2D eigenvalue weighted by atomic mass is 16.5. The first-order valence-corrected chi connectivity index (χ1v) is 6.75. The number of amides is 1. The predicted octanol–water partition coefficient (Wildman–Crippen LogP) is 2.44. The van der Waals surface area contributed by atoms with Crippen LogP contribution in [0.4, 0.5) is 5.69 Å². The maximum atomic E-state index is 12.2. The van der Waals surface area contributed by atoms with E-state index < -0.39 is 0 Å². The number of ether oxygens (including phenoxy) is 1. The fourth-order valence-corrected chi connectivity index (χ4v) is 2.27. The highest BCUT2D eigenvalue weighted by Gasteiger charge is 2.45. The molecule has 0 spiro atoms. The van der Waals surface area contributed by atoms with Crippen LogP contribution in [0.3, 0.4) is 0 Å². The summed E-state index contributed by atoms with van der Waals surface area (Å²) in [4.78, 5) is 12.2. The van der Waals surface area contributed by atoms with E-state index in [1.807, 2.05) is 6.92 Å². The SMILES string of the molecule is CCOc1c(N)cccc1C(=O)NCC1CC1(C)C. The molecule has 0 aromatic heterocycles. The van der Waals surface area contributed by atoms with Crippen molar-refractivity contribution in [2.45, 2.75) is 27.2 Å². The molecule has 1 atom stereocenters. The van der Waals surface area contributed by atoms with Gasteiger partial charge in [0.05, 0.1) is 17.9 Å². The van der Waals surface area contributed by atoms with E-state index in [2.05, 4.69) is 19.2 Å². The zero-order valence-electron chi connectivity index (χ0n) is 11.8. The van der Waals surface area contributed by atoms with E-state index >= 15 is 0 Å². The Kier molecular flexibility index (Phi) is 3.69. The lowest BCUT2D eigenvalue weighted by atomic mass is 10.1. The Morgan fingerprint density at radius 2 is 2.21 bits per heavy atom. The van der Waals surface area contributed by atoms with Crippen LogP contribution in [-0.4, -0.2) is 19.1 Å². The molecule has 0 radical (unpaired) electrons.